The lowest BCUT2D eigenvalue weighted by atomic mass is 10.1. The summed E-state index contributed by atoms with van der Waals surface area (Å²) in [5.41, 5.74) is 3.23. The van der Waals surface area contributed by atoms with Crippen LogP contribution in [0.3, 0.4) is 0 Å². The number of hydrogen-bond acceptors (Lipinski definition) is 2. The van der Waals surface area contributed by atoms with Gasteiger partial charge in [0.05, 0.1) is 11.9 Å². The summed E-state index contributed by atoms with van der Waals surface area (Å²) >= 11 is 3.26. The van der Waals surface area contributed by atoms with Crippen molar-refractivity contribution < 1.29 is 9.90 Å². The molecule has 0 unspecified atom stereocenters. The molecule has 0 radical (unpaired) electrons. The molecule has 1 aromatic carbocycles. The Morgan fingerprint density at radius 2 is 2.12 bits per heavy atom. The maximum Gasteiger partial charge on any atom is 0.340 e. The van der Waals surface area contributed by atoms with Gasteiger partial charge in [0, 0.05) is 0 Å². The van der Waals surface area contributed by atoms with Gasteiger partial charge >= 0.3 is 5.97 Å². The fourth-order valence-electron chi connectivity index (χ4n) is 1.69. The van der Waals surface area contributed by atoms with E-state index in [0.29, 0.717) is 4.60 Å². The fourth-order valence-corrected chi connectivity index (χ4v) is 2.24. The number of rotatable bonds is 2. The summed E-state index contributed by atoms with van der Waals surface area (Å²) in [6.45, 7) is 3.98. The van der Waals surface area contributed by atoms with E-state index in [9.17, 15) is 4.79 Å². The van der Waals surface area contributed by atoms with Gasteiger partial charge in [-0.3, -0.25) is 0 Å². The van der Waals surface area contributed by atoms with E-state index >= 15 is 0 Å². The summed E-state index contributed by atoms with van der Waals surface area (Å²) in [4.78, 5) is 10.9. The third-order valence-corrected chi connectivity index (χ3v) is 3.28. The molecule has 0 fully saturated rings. The minimum atomic E-state index is -0.993. The zero-order valence-electron chi connectivity index (χ0n) is 9.44. The van der Waals surface area contributed by atoms with Crippen LogP contribution in [0.4, 0.5) is 0 Å². The lowest BCUT2D eigenvalue weighted by Crippen LogP contribution is -2.01. The smallest absolute Gasteiger partial charge is 0.340 e. The van der Waals surface area contributed by atoms with Crippen molar-refractivity contribution in [2.75, 3.05) is 0 Å². The van der Waals surface area contributed by atoms with Crippen LogP contribution in [0.25, 0.3) is 5.69 Å². The fraction of sp³-hybridized carbons (Fsp3) is 0.167. The maximum atomic E-state index is 10.9. The van der Waals surface area contributed by atoms with E-state index in [1.807, 2.05) is 32.0 Å². The minimum absolute atomic E-state index is 0.157. The number of halogens is 1. The maximum absolute atomic E-state index is 10.9. The predicted molar refractivity (Wildman–Crippen MR) is 67.7 cm³/mol. The highest BCUT2D eigenvalue weighted by atomic mass is 79.9. The van der Waals surface area contributed by atoms with E-state index in [-0.39, 0.29) is 5.56 Å². The molecule has 0 atom stereocenters. The van der Waals surface area contributed by atoms with Crippen molar-refractivity contribution in [3.63, 3.8) is 0 Å². The molecular weight excluding hydrogens is 284 g/mol. The van der Waals surface area contributed by atoms with Gasteiger partial charge in [-0.1, -0.05) is 17.7 Å². The lowest BCUT2D eigenvalue weighted by molar-refractivity contribution is 0.0696. The van der Waals surface area contributed by atoms with Crippen molar-refractivity contribution in [3.8, 4) is 5.69 Å². The Morgan fingerprint density at radius 1 is 1.41 bits per heavy atom. The van der Waals surface area contributed by atoms with Crippen LogP contribution in [-0.2, 0) is 0 Å². The van der Waals surface area contributed by atoms with E-state index in [2.05, 4.69) is 21.0 Å². The van der Waals surface area contributed by atoms with Gasteiger partial charge in [0.2, 0.25) is 0 Å². The molecule has 0 bridgehead atoms. The van der Waals surface area contributed by atoms with E-state index in [1.54, 1.807) is 4.68 Å². The molecule has 0 saturated carbocycles. The first-order chi connectivity index (χ1) is 8.00. The van der Waals surface area contributed by atoms with Crippen molar-refractivity contribution >= 4 is 21.9 Å². The second kappa shape index (κ2) is 4.33. The Hall–Kier alpha value is -1.62. The number of carboxylic acid groups (broad SMARTS) is 1. The number of nitrogens with zero attached hydrogens (tertiary/aromatic N) is 2. The molecule has 0 aliphatic carbocycles. The first kappa shape index (κ1) is 11.9. The molecule has 4 nitrogen and oxygen atoms in total. The van der Waals surface area contributed by atoms with Crippen LogP contribution in [0.1, 0.15) is 21.5 Å². The Morgan fingerprint density at radius 3 is 2.65 bits per heavy atom. The summed E-state index contributed by atoms with van der Waals surface area (Å²) in [6.07, 6.45) is 1.34. The first-order valence-corrected chi connectivity index (χ1v) is 5.84. The topological polar surface area (TPSA) is 55.1 Å². The molecule has 0 amide bonds. The van der Waals surface area contributed by atoms with E-state index < -0.39 is 5.97 Å². The number of carbonyl (C=O) groups is 1. The standard InChI is InChI=1S/C12H11BrN2O2/c1-7-3-4-10(8(2)5-7)15-11(13)9(6-14-15)12(16)17/h3-6H,1-2H3,(H,16,17). The average Bonchev–Trinajstić information content (AvgIpc) is 2.60. The molecule has 17 heavy (non-hydrogen) atoms. The van der Waals surface area contributed by atoms with E-state index in [0.717, 1.165) is 16.8 Å². The summed E-state index contributed by atoms with van der Waals surface area (Å²) in [5, 5.41) is 13.0. The largest absolute Gasteiger partial charge is 0.478 e. The number of aromatic carboxylic acids is 1. The number of carboxylic acids is 1. The van der Waals surface area contributed by atoms with Crippen LogP contribution in [0.5, 0.6) is 0 Å². The lowest BCUT2D eigenvalue weighted by Gasteiger charge is -2.08. The summed E-state index contributed by atoms with van der Waals surface area (Å²) in [7, 11) is 0. The normalized spacial score (nSPS) is 10.5. The molecule has 2 aromatic rings. The average molecular weight is 295 g/mol. The molecule has 0 aliphatic rings. The SMILES string of the molecule is Cc1ccc(-n2ncc(C(=O)O)c2Br)c(C)c1. The molecule has 1 heterocycles. The van der Waals surface area contributed by atoms with Gasteiger partial charge in [-0.25, -0.2) is 9.48 Å². The van der Waals surface area contributed by atoms with Gasteiger partial charge in [-0.2, -0.15) is 5.10 Å². The predicted octanol–water partition coefficient (Wildman–Crippen LogP) is 2.95. The Bertz CT molecular complexity index is 590. The second-order valence-electron chi connectivity index (χ2n) is 3.86. The summed E-state index contributed by atoms with van der Waals surface area (Å²) in [5.74, 6) is -0.993. The number of aryl methyl sites for hydroxylation is 2. The Labute approximate surface area is 107 Å². The molecule has 0 saturated heterocycles. The number of hydrogen-bond donors (Lipinski definition) is 1. The third kappa shape index (κ3) is 2.10. The number of aromatic nitrogens is 2. The monoisotopic (exact) mass is 294 g/mol. The molecule has 0 aliphatic heterocycles. The van der Waals surface area contributed by atoms with Crippen LogP contribution >= 0.6 is 15.9 Å². The highest BCUT2D eigenvalue weighted by Gasteiger charge is 2.16. The number of benzene rings is 1. The van der Waals surface area contributed by atoms with Crippen LogP contribution in [0.2, 0.25) is 0 Å². The minimum Gasteiger partial charge on any atom is -0.478 e. The molecule has 2 rings (SSSR count). The summed E-state index contributed by atoms with van der Waals surface area (Å²) < 4.78 is 2.04. The quantitative estimate of drug-likeness (QED) is 0.926. The van der Waals surface area contributed by atoms with Crippen molar-refractivity contribution in [2.24, 2.45) is 0 Å². The van der Waals surface area contributed by atoms with Gasteiger partial charge in [-0.05, 0) is 41.4 Å². The second-order valence-corrected chi connectivity index (χ2v) is 4.61. The molecule has 5 heteroatoms. The molecule has 1 aromatic heterocycles. The van der Waals surface area contributed by atoms with Gasteiger partial charge < -0.3 is 5.11 Å². The highest BCUT2D eigenvalue weighted by molar-refractivity contribution is 9.10. The Kier molecular flexibility index (Phi) is 3.02. The van der Waals surface area contributed by atoms with Crippen LogP contribution < -0.4 is 0 Å². The molecular formula is C12H11BrN2O2. The summed E-state index contributed by atoms with van der Waals surface area (Å²) in [6, 6.07) is 5.93. The van der Waals surface area contributed by atoms with Gasteiger partial charge in [-0.15, -0.1) is 0 Å². The van der Waals surface area contributed by atoms with Crippen LogP contribution in [0.15, 0.2) is 29.0 Å². The molecule has 88 valence electrons. The molecule has 1 N–H and O–H groups in total. The zero-order valence-corrected chi connectivity index (χ0v) is 11.0. The van der Waals surface area contributed by atoms with Crippen LogP contribution in [-0.4, -0.2) is 20.9 Å². The molecule has 0 spiro atoms. The first-order valence-electron chi connectivity index (χ1n) is 5.05. The van der Waals surface area contributed by atoms with Crippen LogP contribution in [0, 0.1) is 13.8 Å². The Balaban J connectivity index is 2.57. The third-order valence-electron chi connectivity index (χ3n) is 2.52. The van der Waals surface area contributed by atoms with E-state index in [1.165, 1.54) is 6.20 Å². The van der Waals surface area contributed by atoms with Gasteiger partial charge in [0.1, 0.15) is 10.2 Å². The van der Waals surface area contributed by atoms with Crippen molar-refractivity contribution in [1.29, 1.82) is 0 Å². The van der Waals surface area contributed by atoms with E-state index in [4.69, 9.17) is 5.11 Å². The van der Waals surface area contributed by atoms with Crippen molar-refractivity contribution in [2.45, 2.75) is 13.8 Å². The van der Waals surface area contributed by atoms with Crippen molar-refractivity contribution in [3.05, 3.63) is 45.7 Å². The van der Waals surface area contributed by atoms with Crippen molar-refractivity contribution in [1.82, 2.24) is 9.78 Å². The zero-order chi connectivity index (χ0) is 12.6. The van der Waals surface area contributed by atoms with Gasteiger partial charge in [0.15, 0.2) is 0 Å². The highest BCUT2D eigenvalue weighted by Crippen LogP contribution is 2.23. The van der Waals surface area contributed by atoms with Gasteiger partial charge in [0.25, 0.3) is 0 Å².